The molecule has 1 fully saturated rings. The van der Waals surface area contributed by atoms with Gasteiger partial charge in [0.25, 0.3) is 0 Å². The van der Waals surface area contributed by atoms with Crippen molar-refractivity contribution in [3.63, 3.8) is 0 Å². The summed E-state index contributed by atoms with van der Waals surface area (Å²) in [6.07, 6.45) is 0.887. The van der Waals surface area contributed by atoms with Gasteiger partial charge < -0.3 is 16.0 Å². The third-order valence-corrected chi connectivity index (χ3v) is 6.10. The Morgan fingerprint density at radius 1 is 1.21 bits per heavy atom. The Morgan fingerprint density at radius 3 is 2.17 bits per heavy atom. The standard InChI is InChI=1S/C21H39N3/c1-13(2)16(6)20-18(21(20,8)9)12-24(10)15(5)11-19(14(3)4)23-17(7)22/h14,16,18-20,23H,1,5,7,11-12,22H2,2-4,6,8-10H3/t16?,18-,19?,20+/m0/s1. The smallest absolute Gasteiger partial charge is 0.0888 e. The average Bonchev–Trinajstić information content (AvgIpc) is 2.97. The van der Waals surface area contributed by atoms with Crippen LogP contribution in [0.4, 0.5) is 0 Å². The molecule has 1 rings (SSSR count). The largest absolute Gasteiger partial charge is 0.386 e. The van der Waals surface area contributed by atoms with Crippen LogP contribution in [0.2, 0.25) is 0 Å². The number of allylic oxidation sites excluding steroid dienone is 1. The van der Waals surface area contributed by atoms with E-state index in [0.29, 0.717) is 34.9 Å². The molecule has 0 bridgehead atoms. The quantitative estimate of drug-likeness (QED) is 0.584. The van der Waals surface area contributed by atoms with Crippen LogP contribution < -0.4 is 11.1 Å². The first-order valence-corrected chi connectivity index (χ1v) is 9.14. The fourth-order valence-electron chi connectivity index (χ4n) is 3.96. The van der Waals surface area contributed by atoms with Gasteiger partial charge in [0.2, 0.25) is 0 Å². The molecule has 3 heteroatoms. The van der Waals surface area contributed by atoms with Gasteiger partial charge in [0.15, 0.2) is 0 Å². The molecule has 1 saturated carbocycles. The topological polar surface area (TPSA) is 41.3 Å². The molecule has 24 heavy (non-hydrogen) atoms. The van der Waals surface area contributed by atoms with Crippen LogP contribution >= 0.6 is 0 Å². The van der Waals surface area contributed by atoms with Gasteiger partial charge in [-0.15, -0.1) is 0 Å². The molecule has 0 aromatic carbocycles. The van der Waals surface area contributed by atoms with E-state index in [4.69, 9.17) is 5.73 Å². The second-order valence-electron chi connectivity index (χ2n) is 8.76. The van der Waals surface area contributed by atoms with Gasteiger partial charge in [-0.25, -0.2) is 0 Å². The van der Waals surface area contributed by atoms with Crippen molar-refractivity contribution in [2.24, 2.45) is 34.8 Å². The zero-order chi connectivity index (χ0) is 18.8. The molecule has 0 aromatic rings. The second kappa shape index (κ2) is 7.67. The molecule has 138 valence electrons. The van der Waals surface area contributed by atoms with E-state index in [1.807, 2.05) is 0 Å². The van der Waals surface area contributed by atoms with Crippen LogP contribution in [0.5, 0.6) is 0 Å². The molecular weight excluding hydrogens is 294 g/mol. The van der Waals surface area contributed by atoms with Crippen LogP contribution in [0.25, 0.3) is 0 Å². The molecule has 1 aliphatic carbocycles. The SMILES string of the molecule is C=C(N)NC(CC(=C)N(C)C[C@H]1[C@@H](C(C)C(=C)C)C1(C)C)C(C)C. The van der Waals surface area contributed by atoms with Crippen LogP contribution in [0, 0.1) is 29.1 Å². The van der Waals surface area contributed by atoms with E-state index in [9.17, 15) is 0 Å². The Hall–Kier alpha value is -1.38. The first-order valence-electron chi connectivity index (χ1n) is 9.14. The van der Waals surface area contributed by atoms with Gasteiger partial charge in [0.1, 0.15) is 0 Å². The fourth-order valence-corrected chi connectivity index (χ4v) is 3.96. The molecule has 0 saturated heterocycles. The molecule has 0 aromatic heterocycles. The normalized spacial score (nSPS) is 24.2. The Kier molecular flexibility index (Phi) is 6.60. The van der Waals surface area contributed by atoms with Crippen molar-refractivity contribution in [2.45, 2.75) is 54.0 Å². The van der Waals surface area contributed by atoms with E-state index in [1.54, 1.807) is 0 Å². The number of rotatable bonds is 10. The highest BCUT2D eigenvalue weighted by Crippen LogP contribution is 2.63. The van der Waals surface area contributed by atoms with E-state index in [2.05, 4.69) is 78.5 Å². The van der Waals surface area contributed by atoms with E-state index < -0.39 is 0 Å². The third kappa shape index (κ3) is 4.81. The first kappa shape index (κ1) is 20.7. The predicted octanol–water partition coefficient (Wildman–Crippen LogP) is 4.35. The van der Waals surface area contributed by atoms with Crippen LogP contribution in [-0.2, 0) is 0 Å². The number of hydrogen-bond acceptors (Lipinski definition) is 3. The predicted molar refractivity (Wildman–Crippen MR) is 106 cm³/mol. The first-order chi connectivity index (χ1) is 10.9. The summed E-state index contributed by atoms with van der Waals surface area (Å²) in [5.74, 6) is 3.00. The van der Waals surface area contributed by atoms with E-state index in [0.717, 1.165) is 18.7 Å². The summed E-state index contributed by atoms with van der Waals surface area (Å²) in [6.45, 7) is 26.9. The van der Waals surface area contributed by atoms with Crippen molar-refractivity contribution >= 4 is 0 Å². The lowest BCUT2D eigenvalue weighted by molar-refractivity contribution is 0.324. The minimum Gasteiger partial charge on any atom is -0.386 e. The summed E-state index contributed by atoms with van der Waals surface area (Å²) in [7, 11) is 2.16. The Bertz CT molecular complexity index is 489. The minimum absolute atomic E-state index is 0.273. The number of nitrogens with two attached hydrogens (primary N) is 1. The zero-order valence-electron chi connectivity index (χ0n) is 16.9. The van der Waals surface area contributed by atoms with E-state index in [-0.39, 0.29) is 6.04 Å². The molecule has 0 heterocycles. The van der Waals surface area contributed by atoms with Crippen LogP contribution in [-0.4, -0.2) is 24.5 Å². The van der Waals surface area contributed by atoms with Gasteiger partial charge in [0.05, 0.1) is 5.82 Å². The Labute approximate surface area is 150 Å². The Morgan fingerprint density at radius 2 is 1.75 bits per heavy atom. The van der Waals surface area contributed by atoms with E-state index in [1.165, 1.54) is 5.57 Å². The van der Waals surface area contributed by atoms with E-state index >= 15 is 0 Å². The molecule has 3 N–H and O–H groups in total. The lowest BCUT2D eigenvalue weighted by atomic mass is 9.93. The van der Waals surface area contributed by atoms with Gasteiger partial charge in [-0.2, -0.15) is 0 Å². The maximum Gasteiger partial charge on any atom is 0.0888 e. The molecule has 0 aliphatic heterocycles. The van der Waals surface area contributed by atoms with Crippen molar-refractivity contribution in [3.8, 4) is 0 Å². The van der Waals surface area contributed by atoms with Crippen LogP contribution in [0.1, 0.15) is 48.0 Å². The van der Waals surface area contributed by atoms with Gasteiger partial charge in [0, 0.05) is 31.8 Å². The van der Waals surface area contributed by atoms with Gasteiger partial charge in [-0.3, -0.25) is 0 Å². The highest BCUT2D eigenvalue weighted by molar-refractivity contribution is 5.15. The lowest BCUT2D eigenvalue weighted by Crippen LogP contribution is -2.37. The van der Waals surface area contributed by atoms with Gasteiger partial charge in [-0.05, 0) is 36.0 Å². The van der Waals surface area contributed by atoms with Gasteiger partial charge in [-0.1, -0.05) is 59.9 Å². The van der Waals surface area contributed by atoms with Crippen molar-refractivity contribution in [1.82, 2.24) is 10.2 Å². The molecule has 1 aliphatic rings. The number of nitrogens with one attached hydrogen (secondary N) is 1. The van der Waals surface area contributed by atoms with Crippen molar-refractivity contribution in [1.29, 1.82) is 0 Å². The van der Waals surface area contributed by atoms with Crippen LogP contribution in [0.15, 0.2) is 36.8 Å². The highest BCUT2D eigenvalue weighted by atomic mass is 15.1. The molecule has 0 amide bonds. The zero-order valence-corrected chi connectivity index (χ0v) is 16.9. The lowest BCUT2D eigenvalue weighted by Gasteiger charge is -2.29. The summed E-state index contributed by atoms with van der Waals surface area (Å²) in [4.78, 5) is 2.33. The minimum atomic E-state index is 0.273. The fraction of sp³-hybridized carbons (Fsp3) is 0.714. The number of nitrogens with zero attached hydrogens (tertiary/aromatic N) is 1. The Balaban J connectivity index is 2.64. The third-order valence-electron chi connectivity index (χ3n) is 6.10. The average molecular weight is 334 g/mol. The summed E-state index contributed by atoms with van der Waals surface area (Å²) in [5.41, 5.74) is 8.57. The summed E-state index contributed by atoms with van der Waals surface area (Å²) < 4.78 is 0. The molecular formula is C21H39N3. The molecule has 0 radical (unpaired) electrons. The van der Waals surface area contributed by atoms with Crippen LogP contribution in [0.3, 0.4) is 0 Å². The van der Waals surface area contributed by atoms with Gasteiger partial charge >= 0.3 is 0 Å². The second-order valence-corrected chi connectivity index (χ2v) is 8.76. The monoisotopic (exact) mass is 333 g/mol. The maximum absolute atomic E-state index is 5.73. The highest BCUT2D eigenvalue weighted by Gasteiger charge is 2.59. The summed E-state index contributed by atoms with van der Waals surface area (Å²) >= 11 is 0. The molecule has 2 unspecified atom stereocenters. The maximum atomic E-state index is 5.73. The number of hydrogen-bond donors (Lipinski definition) is 2. The summed E-state index contributed by atoms with van der Waals surface area (Å²) in [6, 6.07) is 0.273. The summed E-state index contributed by atoms with van der Waals surface area (Å²) in [5, 5.41) is 3.28. The van der Waals surface area contributed by atoms with Crippen molar-refractivity contribution in [3.05, 3.63) is 36.8 Å². The molecule has 4 atom stereocenters. The molecule has 3 nitrogen and oxygen atoms in total. The van der Waals surface area contributed by atoms with Crippen molar-refractivity contribution in [2.75, 3.05) is 13.6 Å². The molecule has 0 spiro atoms. The van der Waals surface area contributed by atoms with Crippen molar-refractivity contribution < 1.29 is 0 Å².